The molecule has 1 aliphatic heterocycles. The minimum atomic E-state index is -0.883. The molecule has 25 heavy (non-hydrogen) atoms. The molecular weight excluding hydrogens is 318 g/mol. The number of phenols is 1. The van der Waals surface area contributed by atoms with Gasteiger partial charge in [-0.2, -0.15) is 0 Å². The van der Waals surface area contributed by atoms with E-state index in [-0.39, 0.29) is 17.2 Å². The highest BCUT2D eigenvalue weighted by atomic mass is 16.5. The van der Waals surface area contributed by atoms with E-state index in [1.54, 1.807) is 12.1 Å². The number of carboxylic acid groups (broad SMARTS) is 1. The molecule has 1 fully saturated rings. The predicted octanol–water partition coefficient (Wildman–Crippen LogP) is 3.85. The first-order chi connectivity index (χ1) is 11.9. The molecule has 2 aromatic rings. The van der Waals surface area contributed by atoms with E-state index in [9.17, 15) is 9.90 Å². The summed E-state index contributed by atoms with van der Waals surface area (Å²) >= 11 is 0. The molecule has 1 amide bonds. The molecule has 1 saturated heterocycles. The Bertz CT molecular complexity index is 737. The van der Waals surface area contributed by atoms with Gasteiger partial charge in [0.15, 0.2) is 0 Å². The number of rotatable bonds is 5. The molecule has 0 aromatic heterocycles. The molecule has 2 N–H and O–H groups in total. The summed E-state index contributed by atoms with van der Waals surface area (Å²) in [5.41, 5.74) is 2.06. The Balaban J connectivity index is 1.65. The second kappa shape index (κ2) is 6.67. The van der Waals surface area contributed by atoms with E-state index in [0.717, 1.165) is 23.3 Å². The van der Waals surface area contributed by atoms with Crippen molar-refractivity contribution in [3.8, 4) is 11.5 Å². The molecule has 5 nitrogen and oxygen atoms in total. The van der Waals surface area contributed by atoms with E-state index >= 15 is 0 Å². The molecule has 0 saturated carbocycles. The summed E-state index contributed by atoms with van der Waals surface area (Å²) in [6.07, 6.45) is -0.0380. The van der Waals surface area contributed by atoms with Gasteiger partial charge in [-0.15, -0.1) is 0 Å². The number of carbonyl (C=O) groups is 1. The highest BCUT2D eigenvalue weighted by Crippen LogP contribution is 2.33. The van der Waals surface area contributed by atoms with Gasteiger partial charge in [-0.1, -0.05) is 38.1 Å². The fourth-order valence-corrected chi connectivity index (χ4v) is 3.07. The number of benzene rings is 2. The van der Waals surface area contributed by atoms with Crippen LogP contribution in [-0.4, -0.2) is 40.4 Å². The van der Waals surface area contributed by atoms with Gasteiger partial charge in [0.2, 0.25) is 0 Å². The second-order valence-electron chi connectivity index (χ2n) is 6.93. The molecular formula is C20H23NO4. The molecule has 5 heteroatoms. The smallest absolute Gasteiger partial charge is 0.407 e. The molecule has 0 unspecified atom stereocenters. The van der Waals surface area contributed by atoms with Crippen LogP contribution in [0.15, 0.2) is 48.5 Å². The van der Waals surface area contributed by atoms with E-state index in [0.29, 0.717) is 13.2 Å². The van der Waals surface area contributed by atoms with Crippen molar-refractivity contribution < 1.29 is 19.7 Å². The van der Waals surface area contributed by atoms with Gasteiger partial charge in [-0.3, -0.25) is 0 Å². The van der Waals surface area contributed by atoms with Crippen molar-refractivity contribution >= 4 is 6.09 Å². The van der Waals surface area contributed by atoms with Gasteiger partial charge in [0.1, 0.15) is 18.1 Å². The Hall–Kier alpha value is -2.69. The van der Waals surface area contributed by atoms with E-state index in [1.165, 1.54) is 4.90 Å². The maximum Gasteiger partial charge on any atom is 0.407 e. The minimum absolute atomic E-state index is 0.0504. The van der Waals surface area contributed by atoms with Gasteiger partial charge in [0.05, 0.1) is 6.04 Å². The van der Waals surface area contributed by atoms with Crippen molar-refractivity contribution in [3.63, 3.8) is 0 Å². The first kappa shape index (κ1) is 17.1. The van der Waals surface area contributed by atoms with E-state index < -0.39 is 6.09 Å². The van der Waals surface area contributed by atoms with Gasteiger partial charge in [-0.05, 0) is 41.8 Å². The molecule has 1 atom stereocenters. The van der Waals surface area contributed by atoms with Crippen molar-refractivity contribution in [1.82, 2.24) is 4.90 Å². The van der Waals surface area contributed by atoms with Crippen LogP contribution in [0.5, 0.6) is 11.5 Å². The summed E-state index contributed by atoms with van der Waals surface area (Å²) < 4.78 is 5.74. The standard InChI is InChI=1S/C20H23NO4/c1-20(2,14-3-7-17(22)8-4-14)15-5-9-18(10-6-15)25-13-16-11-12-21(16)19(23)24/h3-10,16,22H,11-13H2,1-2H3,(H,23,24)/t16-/m0/s1. The summed E-state index contributed by atoms with van der Waals surface area (Å²) in [6.45, 7) is 5.23. The molecule has 2 aromatic carbocycles. The van der Waals surface area contributed by atoms with E-state index in [1.807, 2.05) is 36.4 Å². The summed E-state index contributed by atoms with van der Waals surface area (Å²) in [5, 5.41) is 18.5. The molecule has 3 rings (SSSR count). The van der Waals surface area contributed by atoms with Gasteiger partial charge >= 0.3 is 6.09 Å². The number of phenolic OH excluding ortho intramolecular Hbond substituents is 1. The third-order valence-corrected chi connectivity index (χ3v) is 5.00. The van der Waals surface area contributed by atoms with Crippen molar-refractivity contribution in [1.29, 1.82) is 0 Å². The summed E-state index contributed by atoms with van der Waals surface area (Å²) in [7, 11) is 0. The topological polar surface area (TPSA) is 70.0 Å². The van der Waals surface area contributed by atoms with E-state index in [2.05, 4.69) is 13.8 Å². The van der Waals surface area contributed by atoms with Gasteiger partial charge in [0.25, 0.3) is 0 Å². The number of amides is 1. The highest BCUT2D eigenvalue weighted by Gasteiger charge is 2.32. The zero-order valence-electron chi connectivity index (χ0n) is 14.5. The van der Waals surface area contributed by atoms with Crippen molar-refractivity contribution in [2.45, 2.75) is 31.7 Å². The van der Waals surface area contributed by atoms with Crippen LogP contribution in [0.1, 0.15) is 31.4 Å². The number of hydrogen-bond acceptors (Lipinski definition) is 3. The summed E-state index contributed by atoms with van der Waals surface area (Å²) in [4.78, 5) is 12.4. The Morgan fingerprint density at radius 1 is 1.12 bits per heavy atom. The maximum absolute atomic E-state index is 11.0. The van der Waals surface area contributed by atoms with Gasteiger partial charge in [0, 0.05) is 12.0 Å². The van der Waals surface area contributed by atoms with Gasteiger partial charge in [-0.25, -0.2) is 4.79 Å². The van der Waals surface area contributed by atoms with Crippen LogP contribution in [0.3, 0.4) is 0 Å². The van der Waals surface area contributed by atoms with Crippen LogP contribution < -0.4 is 4.74 Å². The van der Waals surface area contributed by atoms with Crippen molar-refractivity contribution in [3.05, 3.63) is 59.7 Å². The summed E-state index contributed by atoms with van der Waals surface area (Å²) in [5.74, 6) is 0.997. The average molecular weight is 341 g/mol. The predicted molar refractivity (Wildman–Crippen MR) is 95.3 cm³/mol. The first-order valence-corrected chi connectivity index (χ1v) is 8.40. The number of nitrogens with zero attached hydrogens (tertiary/aromatic N) is 1. The average Bonchev–Trinajstić information content (AvgIpc) is 2.54. The third-order valence-electron chi connectivity index (χ3n) is 5.00. The highest BCUT2D eigenvalue weighted by molar-refractivity contribution is 5.66. The zero-order chi connectivity index (χ0) is 18.0. The largest absolute Gasteiger partial charge is 0.508 e. The second-order valence-corrected chi connectivity index (χ2v) is 6.93. The van der Waals surface area contributed by atoms with Crippen LogP contribution in [0, 0.1) is 0 Å². The lowest BCUT2D eigenvalue weighted by molar-refractivity contribution is 0.0499. The van der Waals surface area contributed by atoms with Crippen LogP contribution >= 0.6 is 0 Å². The number of hydrogen-bond donors (Lipinski definition) is 2. The Kier molecular flexibility index (Phi) is 4.57. The molecule has 1 heterocycles. The zero-order valence-corrected chi connectivity index (χ0v) is 14.5. The quantitative estimate of drug-likeness (QED) is 0.867. The first-order valence-electron chi connectivity index (χ1n) is 8.40. The van der Waals surface area contributed by atoms with Gasteiger partial charge < -0.3 is 19.8 Å². The lowest BCUT2D eigenvalue weighted by Crippen LogP contribution is -2.53. The van der Waals surface area contributed by atoms with Crippen LogP contribution in [0.2, 0.25) is 0 Å². The minimum Gasteiger partial charge on any atom is -0.508 e. The molecule has 0 aliphatic carbocycles. The van der Waals surface area contributed by atoms with Crippen LogP contribution in [0.25, 0.3) is 0 Å². The molecule has 0 bridgehead atoms. The summed E-state index contributed by atoms with van der Waals surface area (Å²) in [6, 6.07) is 15.1. The molecule has 0 spiro atoms. The Morgan fingerprint density at radius 2 is 1.68 bits per heavy atom. The lowest BCUT2D eigenvalue weighted by atomic mass is 9.78. The molecule has 132 valence electrons. The van der Waals surface area contributed by atoms with Crippen LogP contribution in [0.4, 0.5) is 4.79 Å². The van der Waals surface area contributed by atoms with E-state index in [4.69, 9.17) is 9.84 Å². The fraction of sp³-hybridized carbons (Fsp3) is 0.350. The monoisotopic (exact) mass is 341 g/mol. The normalized spacial score (nSPS) is 17.0. The molecule has 1 aliphatic rings. The number of aromatic hydroxyl groups is 1. The Labute approximate surface area is 147 Å². The fourth-order valence-electron chi connectivity index (χ4n) is 3.07. The third kappa shape index (κ3) is 3.55. The number of ether oxygens (including phenoxy) is 1. The Morgan fingerprint density at radius 3 is 2.16 bits per heavy atom. The van der Waals surface area contributed by atoms with Crippen molar-refractivity contribution in [2.75, 3.05) is 13.2 Å². The number of likely N-dealkylation sites (tertiary alicyclic amines) is 1. The van der Waals surface area contributed by atoms with Crippen molar-refractivity contribution in [2.24, 2.45) is 0 Å². The lowest BCUT2D eigenvalue weighted by Gasteiger charge is -2.38. The molecule has 0 radical (unpaired) electrons. The SMILES string of the molecule is CC(C)(c1ccc(O)cc1)c1ccc(OC[C@@H]2CCN2C(=O)O)cc1. The maximum atomic E-state index is 11.0. The van der Waals surface area contributed by atoms with Crippen LogP contribution in [-0.2, 0) is 5.41 Å².